The molecule has 112 valence electrons. The number of para-hydroxylation sites is 1. The van der Waals surface area contributed by atoms with Gasteiger partial charge in [-0.15, -0.1) is 0 Å². The first kappa shape index (κ1) is 15.4. The normalized spacial score (nSPS) is 12.2. The van der Waals surface area contributed by atoms with Crippen LogP contribution in [0.15, 0.2) is 48.5 Å². The highest BCUT2D eigenvalue weighted by Crippen LogP contribution is 2.25. The summed E-state index contributed by atoms with van der Waals surface area (Å²) in [6.07, 6.45) is 0.117. The molecule has 21 heavy (non-hydrogen) atoms. The topological polar surface area (TPSA) is 21.3 Å². The lowest BCUT2D eigenvalue weighted by Gasteiger charge is -2.19. The van der Waals surface area contributed by atoms with E-state index >= 15 is 0 Å². The zero-order chi connectivity index (χ0) is 15.2. The number of ether oxygens (including phenoxy) is 1. The van der Waals surface area contributed by atoms with Gasteiger partial charge < -0.3 is 10.1 Å². The predicted octanol–water partition coefficient (Wildman–Crippen LogP) is 5.00. The number of hydrogen-bond acceptors (Lipinski definition) is 2. The Labute approximate surface area is 128 Å². The van der Waals surface area contributed by atoms with Gasteiger partial charge in [-0.2, -0.15) is 0 Å². The highest BCUT2D eigenvalue weighted by molar-refractivity contribution is 5.42. The molecule has 1 N–H and O–H groups in total. The van der Waals surface area contributed by atoms with E-state index < -0.39 is 0 Å². The van der Waals surface area contributed by atoms with E-state index in [0.717, 1.165) is 18.0 Å². The maximum atomic E-state index is 6.10. The Morgan fingerprint density at radius 1 is 1.00 bits per heavy atom. The molecule has 0 radical (unpaired) electrons. The zero-order valence-electron chi connectivity index (χ0n) is 13.4. The first-order chi connectivity index (χ1) is 10.1. The second-order valence-electron chi connectivity index (χ2n) is 5.86. The summed E-state index contributed by atoms with van der Waals surface area (Å²) in [4.78, 5) is 0. The van der Waals surface area contributed by atoms with Crippen LogP contribution < -0.4 is 10.1 Å². The van der Waals surface area contributed by atoms with Crippen molar-refractivity contribution in [1.29, 1.82) is 0 Å². The van der Waals surface area contributed by atoms with Gasteiger partial charge in [-0.3, -0.25) is 0 Å². The van der Waals surface area contributed by atoms with Crippen molar-refractivity contribution in [3.8, 4) is 5.75 Å². The van der Waals surface area contributed by atoms with Gasteiger partial charge in [0.1, 0.15) is 11.9 Å². The summed E-state index contributed by atoms with van der Waals surface area (Å²) in [5, 5.41) is 3.40. The van der Waals surface area contributed by atoms with Crippen molar-refractivity contribution < 1.29 is 4.74 Å². The van der Waals surface area contributed by atoms with Crippen LogP contribution in [0.3, 0.4) is 0 Å². The molecule has 2 rings (SSSR count). The van der Waals surface area contributed by atoms with Gasteiger partial charge in [0.25, 0.3) is 0 Å². The van der Waals surface area contributed by atoms with Gasteiger partial charge in [0.15, 0.2) is 0 Å². The first-order valence-electron chi connectivity index (χ1n) is 7.62. The number of anilines is 1. The molecule has 0 spiro atoms. The molecule has 2 aromatic rings. The van der Waals surface area contributed by atoms with E-state index in [1.165, 1.54) is 11.1 Å². The van der Waals surface area contributed by atoms with Crippen molar-refractivity contribution >= 4 is 5.69 Å². The molecule has 0 heterocycles. The number of nitrogens with one attached hydrogen (secondary N) is 1. The summed E-state index contributed by atoms with van der Waals surface area (Å²) in [5.74, 6) is 1.51. The maximum absolute atomic E-state index is 6.10. The van der Waals surface area contributed by atoms with E-state index in [2.05, 4.69) is 63.3 Å². The van der Waals surface area contributed by atoms with Crippen LogP contribution in [0.2, 0.25) is 0 Å². The van der Waals surface area contributed by atoms with E-state index in [9.17, 15) is 0 Å². The van der Waals surface area contributed by atoms with Gasteiger partial charge in [0, 0.05) is 5.69 Å². The molecule has 0 aromatic heterocycles. The van der Waals surface area contributed by atoms with Crippen LogP contribution in [0, 0.1) is 6.92 Å². The highest BCUT2D eigenvalue weighted by atomic mass is 16.5. The van der Waals surface area contributed by atoms with Gasteiger partial charge in [0.05, 0.1) is 6.54 Å². The smallest absolute Gasteiger partial charge is 0.122 e. The SMILES string of the molecule is Cc1ccc(C(C)C)cc1OC(C)CNc1ccccc1. The van der Waals surface area contributed by atoms with Gasteiger partial charge in [0.2, 0.25) is 0 Å². The highest BCUT2D eigenvalue weighted by Gasteiger charge is 2.09. The van der Waals surface area contributed by atoms with E-state index in [1.807, 2.05) is 18.2 Å². The van der Waals surface area contributed by atoms with Crippen LogP contribution in [0.5, 0.6) is 5.75 Å². The monoisotopic (exact) mass is 283 g/mol. The molecule has 2 aromatic carbocycles. The summed E-state index contributed by atoms with van der Waals surface area (Å²) < 4.78 is 6.10. The minimum Gasteiger partial charge on any atom is -0.489 e. The standard InChI is InChI=1S/C19H25NO/c1-14(2)17-11-10-15(3)19(12-17)21-16(4)13-20-18-8-6-5-7-9-18/h5-12,14,16,20H,13H2,1-4H3. The van der Waals surface area contributed by atoms with Gasteiger partial charge in [-0.05, 0) is 49.1 Å². The molecule has 0 aliphatic rings. The van der Waals surface area contributed by atoms with Gasteiger partial charge in [-0.25, -0.2) is 0 Å². The average Bonchev–Trinajstić information content (AvgIpc) is 2.48. The lowest BCUT2D eigenvalue weighted by atomic mass is 10.0. The molecule has 0 aliphatic carbocycles. The first-order valence-corrected chi connectivity index (χ1v) is 7.62. The Bertz CT molecular complexity index is 563. The third-order valence-electron chi connectivity index (χ3n) is 3.57. The molecular formula is C19H25NO. The Hall–Kier alpha value is -1.96. The zero-order valence-corrected chi connectivity index (χ0v) is 13.4. The minimum atomic E-state index is 0.117. The fourth-order valence-corrected chi connectivity index (χ4v) is 2.18. The number of hydrogen-bond donors (Lipinski definition) is 1. The van der Waals surface area contributed by atoms with Gasteiger partial charge >= 0.3 is 0 Å². The Kier molecular flexibility index (Phi) is 5.26. The van der Waals surface area contributed by atoms with Crippen LogP contribution in [0.4, 0.5) is 5.69 Å². The summed E-state index contributed by atoms with van der Waals surface area (Å²) in [7, 11) is 0. The Balaban J connectivity index is 1.96. The molecule has 0 saturated heterocycles. The lowest BCUT2D eigenvalue weighted by Crippen LogP contribution is -2.23. The van der Waals surface area contributed by atoms with Crippen molar-refractivity contribution in [1.82, 2.24) is 0 Å². The molecule has 0 saturated carbocycles. The van der Waals surface area contributed by atoms with Crippen molar-refractivity contribution in [2.24, 2.45) is 0 Å². The number of benzene rings is 2. The van der Waals surface area contributed by atoms with Crippen LogP contribution in [-0.4, -0.2) is 12.6 Å². The predicted molar refractivity (Wildman–Crippen MR) is 90.3 cm³/mol. The molecular weight excluding hydrogens is 258 g/mol. The lowest BCUT2D eigenvalue weighted by molar-refractivity contribution is 0.233. The number of rotatable bonds is 6. The van der Waals surface area contributed by atoms with Crippen LogP contribution >= 0.6 is 0 Å². The molecule has 2 heteroatoms. The molecule has 1 atom stereocenters. The Morgan fingerprint density at radius 3 is 2.38 bits per heavy atom. The third-order valence-corrected chi connectivity index (χ3v) is 3.57. The van der Waals surface area contributed by atoms with Crippen LogP contribution in [-0.2, 0) is 0 Å². The minimum absolute atomic E-state index is 0.117. The van der Waals surface area contributed by atoms with Crippen molar-refractivity contribution in [3.63, 3.8) is 0 Å². The van der Waals surface area contributed by atoms with Crippen LogP contribution in [0.25, 0.3) is 0 Å². The van der Waals surface area contributed by atoms with E-state index in [4.69, 9.17) is 4.74 Å². The largest absolute Gasteiger partial charge is 0.489 e. The maximum Gasteiger partial charge on any atom is 0.122 e. The van der Waals surface area contributed by atoms with Gasteiger partial charge in [-0.1, -0.05) is 44.2 Å². The van der Waals surface area contributed by atoms with Crippen LogP contribution in [0.1, 0.15) is 37.8 Å². The summed E-state index contributed by atoms with van der Waals surface area (Å²) >= 11 is 0. The average molecular weight is 283 g/mol. The summed E-state index contributed by atoms with van der Waals surface area (Å²) in [5.41, 5.74) is 3.63. The molecule has 1 unspecified atom stereocenters. The third kappa shape index (κ3) is 4.52. The molecule has 0 aliphatic heterocycles. The molecule has 0 amide bonds. The second-order valence-corrected chi connectivity index (χ2v) is 5.86. The van der Waals surface area contributed by atoms with E-state index in [-0.39, 0.29) is 6.10 Å². The van der Waals surface area contributed by atoms with Crippen molar-refractivity contribution in [3.05, 3.63) is 59.7 Å². The van der Waals surface area contributed by atoms with Crippen molar-refractivity contribution in [2.75, 3.05) is 11.9 Å². The van der Waals surface area contributed by atoms with Crippen molar-refractivity contribution in [2.45, 2.75) is 39.7 Å². The quantitative estimate of drug-likeness (QED) is 0.805. The number of aryl methyl sites for hydroxylation is 1. The molecule has 0 bridgehead atoms. The summed E-state index contributed by atoms with van der Waals surface area (Å²) in [6.45, 7) is 9.38. The second kappa shape index (κ2) is 7.16. The fraction of sp³-hybridized carbons (Fsp3) is 0.368. The van der Waals surface area contributed by atoms with E-state index in [1.54, 1.807) is 0 Å². The van der Waals surface area contributed by atoms with E-state index in [0.29, 0.717) is 5.92 Å². The summed E-state index contributed by atoms with van der Waals surface area (Å²) in [6, 6.07) is 16.7. The molecule has 2 nitrogen and oxygen atoms in total. The molecule has 0 fully saturated rings. The fourth-order valence-electron chi connectivity index (χ4n) is 2.18. The Morgan fingerprint density at radius 2 is 1.71 bits per heavy atom.